The Labute approximate surface area is 73.6 Å². The Morgan fingerprint density at radius 2 is 2.17 bits per heavy atom. The van der Waals surface area contributed by atoms with Gasteiger partial charge in [-0.15, -0.1) is 0 Å². The first-order valence-electron chi connectivity index (χ1n) is 4.38. The molecule has 0 aliphatic carbocycles. The summed E-state index contributed by atoms with van der Waals surface area (Å²) in [5, 5.41) is 4.21. The molecule has 0 saturated heterocycles. The van der Waals surface area contributed by atoms with E-state index in [-0.39, 0.29) is 6.04 Å². The summed E-state index contributed by atoms with van der Waals surface area (Å²) in [5.41, 5.74) is 6.89. The number of aromatic nitrogens is 2. The van der Waals surface area contributed by atoms with Gasteiger partial charge < -0.3 is 5.73 Å². The molecule has 2 N–H and O–H groups in total. The minimum Gasteiger partial charge on any atom is -0.323 e. The Hall–Kier alpha value is -0.830. The molecule has 0 aromatic carbocycles. The molecule has 0 spiro atoms. The zero-order valence-electron chi connectivity index (χ0n) is 7.99. The van der Waals surface area contributed by atoms with Crippen LogP contribution in [-0.4, -0.2) is 9.78 Å². The van der Waals surface area contributed by atoms with Gasteiger partial charge in [0.25, 0.3) is 0 Å². The highest BCUT2D eigenvalue weighted by atomic mass is 15.3. The maximum atomic E-state index is 5.77. The molecule has 0 saturated carbocycles. The average Bonchev–Trinajstić information content (AvgIpc) is 2.33. The quantitative estimate of drug-likeness (QED) is 0.742. The monoisotopic (exact) mass is 167 g/mol. The number of rotatable bonds is 3. The molecule has 0 unspecified atom stereocenters. The molecule has 0 amide bonds. The van der Waals surface area contributed by atoms with Gasteiger partial charge in [-0.2, -0.15) is 5.10 Å². The van der Waals surface area contributed by atoms with E-state index >= 15 is 0 Å². The SMILES string of the molecule is CC(C)Cn1nccc1[C@@H](C)N. The zero-order valence-corrected chi connectivity index (χ0v) is 7.99. The lowest BCUT2D eigenvalue weighted by atomic mass is 10.2. The molecule has 3 heteroatoms. The summed E-state index contributed by atoms with van der Waals surface area (Å²) in [4.78, 5) is 0. The maximum Gasteiger partial charge on any atom is 0.0548 e. The first-order valence-corrected chi connectivity index (χ1v) is 4.38. The minimum absolute atomic E-state index is 0.0752. The van der Waals surface area contributed by atoms with Crippen molar-refractivity contribution in [1.82, 2.24) is 9.78 Å². The molecule has 1 aromatic heterocycles. The largest absolute Gasteiger partial charge is 0.323 e. The fourth-order valence-corrected chi connectivity index (χ4v) is 1.23. The van der Waals surface area contributed by atoms with E-state index in [2.05, 4.69) is 18.9 Å². The minimum atomic E-state index is 0.0752. The van der Waals surface area contributed by atoms with Gasteiger partial charge in [0.1, 0.15) is 0 Å². The van der Waals surface area contributed by atoms with E-state index in [1.807, 2.05) is 17.7 Å². The molecule has 1 atom stereocenters. The molecule has 0 aliphatic heterocycles. The Bertz CT molecular complexity index is 238. The third kappa shape index (κ3) is 2.08. The van der Waals surface area contributed by atoms with Gasteiger partial charge in [-0.25, -0.2) is 0 Å². The number of nitrogens with two attached hydrogens (primary N) is 1. The van der Waals surface area contributed by atoms with Crippen LogP contribution in [0.15, 0.2) is 12.3 Å². The Morgan fingerprint density at radius 1 is 1.50 bits per heavy atom. The molecule has 0 radical (unpaired) electrons. The van der Waals surface area contributed by atoms with Gasteiger partial charge in [-0.05, 0) is 18.9 Å². The fourth-order valence-electron chi connectivity index (χ4n) is 1.23. The Kier molecular flexibility index (Phi) is 2.87. The van der Waals surface area contributed by atoms with Crippen LogP contribution in [0.4, 0.5) is 0 Å². The van der Waals surface area contributed by atoms with E-state index in [1.165, 1.54) is 0 Å². The highest BCUT2D eigenvalue weighted by molar-refractivity contribution is 5.04. The first-order chi connectivity index (χ1) is 5.61. The lowest BCUT2D eigenvalue weighted by Crippen LogP contribution is -2.15. The summed E-state index contributed by atoms with van der Waals surface area (Å²) in [7, 11) is 0. The molecule has 1 aromatic rings. The second kappa shape index (κ2) is 3.72. The standard InChI is InChI=1S/C9H17N3/c1-7(2)6-12-9(8(3)10)4-5-11-12/h4-5,7-8H,6,10H2,1-3H3/t8-/m1/s1. The number of hydrogen-bond acceptors (Lipinski definition) is 2. The first kappa shape index (κ1) is 9.26. The molecular formula is C9H17N3. The normalized spacial score (nSPS) is 13.8. The van der Waals surface area contributed by atoms with Crippen LogP contribution in [0.3, 0.4) is 0 Å². The predicted molar refractivity (Wildman–Crippen MR) is 49.7 cm³/mol. The van der Waals surface area contributed by atoms with Crippen molar-refractivity contribution in [2.24, 2.45) is 11.7 Å². The zero-order chi connectivity index (χ0) is 9.14. The van der Waals surface area contributed by atoms with Crippen molar-refractivity contribution in [2.45, 2.75) is 33.4 Å². The van der Waals surface area contributed by atoms with E-state index in [0.717, 1.165) is 12.2 Å². The molecule has 1 heterocycles. The summed E-state index contributed by atoms with van der Waals surface area (Å²) in [6.45, 7) is 7.27. The van der Waals surface area contributed by atoms with Gasteiger partial charge >= 0.3 is 0 Å². The highest BCUT2D eigenvalue weighted by Crippen LogP contribution is 2.10. The third-order valence-electron chi connectivity index (χ3n) is 1.75. The smallest absolute Gasteiger partial charge is 0.0548 e. The van der Waals surface area contributed by atoms with Crippen molar-refractivity contribution >= 4 is 0 Å². The number of hydrogen-bond donors (Lipinski definition) is 1. The van der Waals surface area contributed by atoms with E-state index in [1.54, 1.807) is 6.20 Å². The maximum absolute atomic E-state index is 5.77. The Balaban J connectivity index is 2.77. The summed E-state index contributed by atoms with van der Waals surface area (Å²) in [6.07, 6.45) is 1.81. The molecule has 12 heavy (non-hydrogen) atoms. The Morgan fingerprint density at radius 3 is 2.67 bits per heavy atom. The third-order valence-corrected chi connectivity index (χ3v) is 1.75. The lowest BCUT2D eigenvalue weighted by molar-refractivity contribution is 0.459. The second-order valence-corrected chi connectivity index (χ2v) is 3.62. The predicted octanol–water partition coefficient (Wildman–Crippen LogP) is 1.56. The van der Waals surface area contributed by atoms with Gasteiger partial charge in [-0.3, -0.25) is 4.68 Å². The summed E-state index contributed by atoms with van der Waals surface area (Å²) >= 11 is 0. The van der Waals surface area contributed by atoms with Crippen molar-refractivity contribution in [3.05, 3.63) is 18.0 Å². The second-order valence-electron chi connectivity index (χ2n) is 3.62. The van der Waals surface area contributed by atoms with E-state index in [0.29, 0.717) is 5.92 Å². The van der Waals surface area contributed by atoms with Crippen molar-refractivity contribution in [2.75, 3.05) is 0 Å². The van der Waals surface area contributed by atoms with Gasteiger partial charge in [0.05, 0.1) is 5.69 Å². The molecule has 0 bridgehead atoms. The lowest BCUT2D eigenvalue weighted by Gasteiger charge is -2.11. The highest BCUT2D eigenvalue weighted by Gasteiger charge is 2.07. The van der Waals surface area contributed by atoms with Crippen LogP contribution in [0.1, 0.15) is 32.5 Å². The molecule has 0 fully saturated rings. The van der Waals surface area contributed by atoms with Crippen molar-refractivity contribution in [3.8, 4) is 0 Å². The van der Waals surface area contributed by atoms with E-state index in [4.69, 9.17) is 5.73 Å². The van der Waals surface area contributed by atoms with Crippen molar-refractivity contribution < 1.29 is 0 Å². The molecular weight excluding hydrogens is 150 g/mol. The van der Waals surface area contributed by atoms with Crippen molar-refractivity contribution in [3.63, 3.8) is 0 Å². The van der Waals surface area contributed by atoms with Crippen LogP contribution in [-0.2, 0) is 6.54 Å². The summed E-state index contributed by atoms with van der Waals surface area (Å²) in [6, 6.07) is 2.05. The van der Waals surface area contributed by atoms with Crippen LogP contribution < -0.4 is 5.73 Å². The average molecular weight is 167 g/mol. The topological polar surface area (TPSA) is 43.8 Å². The van der Waals surface area contributed by atoms with Crippen LogP contribution in [0.2, 0.25) is 0 Å². The van der Waals surface area contributed by atoms with E-state index < -0.39 is 0 Å². The van der Waals surface area contributed by atoms with Crippen LogP contribution >= 0.6 is 0 Å². The molecule has 0 aliphatic rings. The van der Waals surface area contributed by atoms with Gasteiger partial charge in [0, 0.05) is 18.8 Å². The van der Waals surface area contributed by atoms with Gasteiger partial charge in [0.15, 0.2) is 0 Å². The molecule has 3 nitrogen and oxygen atoms in total. The fraction of sp³-hybridized carbons (Fsp3) is 0.667. The van der Waals surface area contributed by atoms with Crippen LogP contribution in [0.25, 0.3) is 0 Å². The summed E-state index contributed by atoms with van der Waals surface area (Å²) in [5.74, 6) is 0.613. The summed E-state index contributed by atoms with van der Waals surface area (Å²) < 4.78 is 1.98. The molecule has 68 valence electrons. The van der Waals surface area contributed by atoms with Crippen LogP contribution in [0, 0.1) is 5.92 Å². The number of nitrogens with zero attached hydrogens (tertiary/aromatic N) is 2. The van der Waals surface area contributed by atoms with Crippen LogP contribution in [0.5, 0.6) is 0 Å². The molecule has 1 rings (SSSR count). The van der Waals surface area contributed by atoms with E-state index in [9.17, 15) is 0 Å². The van der Waals surface area contributed by atoms with Gasteiger partial charge in [-0.1, -0.05) is 13.8 Å². The van der Waals surface area contributed by atoms with Gasteiger partial charge in [0.2, 0.25) is 0 Å². The van der Waals surface area contributed by atoms with Crippen molar-refractivity contribution in [1.29, 1.82) is 0 Å².